The zero-order chi connectivity index (χ0) is 17.2. The van der Waals surface area contributed by atoms with Crippen molar-refractivity contribution >= 4 is 0 Å². The zero-order valence-electron chi connectivity index (χ0n) is 15.5. The highest BCUT2D eigenvalue weighted by molar-refractivity contribution is 5.47. The number of benzene rings is 1. The maximum Gasteiger partial charge on any atom is 0.164 e. The monoisotopic (exact) mass is 319 g/mol. The standard InChI is InChI=1S/C11H14O2.C7H13N.C2H6/c1-8-6-7-9-4-3-5-10(12-2)11(9)13-8;1-7-3-5-8(2)6-4-7;1-2/h3-5,8H,6-7H2,1-2H3;1,3-6H2,2H3;1-2H3. The summed E-state index contributed by atoms with van der Waals surface area (Å²) in [6, 6.07) is 6.05. The first-order chi connectivity index (χ1) is 11.1. The van der Waals surface area contributed by atoms with E-state index in [2.05, 4.69) is 31.5 Å². The fraction of sp³-hybridized carbons (Fsp3) is 0.600. The summed E-state index contributed by atoms with van der Waals surface area (Å²) in [5.41, 5.74) is 2.68. The van der Waals surface area contributed by atoms with E-state index in [0.717, 1.165) is 24.3 Å². The largest absolute Gasteiger partial charge is 0.493 e. The minimum absolute atomic E-state index is 0.309. The number of piperidine rings is 1. The summed E-state index contributed by atoms with van der Waals surface area (Å²) in [4.78, 5) is 2.34. The second-order valence-corrected chi connectivity index (χ2v) is 5.97. The second-order valence-electron chi connectivity index (χ2n) is 5.97. The van der Waals surface area contributed by atoms with Gasteiger partial charge in [-0.2, -0.15) is 0 Å². The molecule has 2 aliphatic rings. The van der Waals surface area contributed by atoms with E-state index in [4.69, 9.17) is 9.47 Å². The molecule has 0 N–H and O–H groups in total. The van der Waals surface area contributed by atoms with E-state index in [0.29, 0.717) is 6.10 Å². The SMILES string of the molecule is C=C1CCN(C)CC1.CC.COc1cccc2c1OC(C)CC2. The lowest BCUT2D eigenvalue weighted by Crippen LogP contribution is -2.25. The molecule has 0 bridgehead atoms. The molecule has 0 aromatic heterocycles. The van der Waals surface area contributed by atoms with Crippen LogP contribution in [-0.2, 0) is 6.42 Å². The molecule has 0 radical (unpaired) electrons. The van der Waals surface area contributed by atoms with Crippen molar-refractivity contribution in [2.45, 2.75) is 52.6 Å². The Morgan fingerprint density at radius 1 is 1.17 bits per heavy atom. The van der Waals surface area contributed by atoms with Gasteiger partial charge < -0.3 is 14.4 Å². The molecule has 3 rings (SSSR count). The quantitative estimate of drug-likeness (QED) is 0.700. The molecular formula is C20H33NO2. The van der Waals surface area contributed by atoms with Crippen molar-refractivity contribution in [2.75, 3.05) is 27.2 Å². The van der Waals surface area contributed by atoms with E-state index in [1.54, 1.807) is 7.11 Å². The molecule has 1 aromatic carbocycles. The lowest BCUT2D eigenvalue weighted by Gasteiger charge is -2.24. The Morgan fingerprint density at radius 2 is 1.83 bits per heavy atom. The Labute approximate surface area is 142 Å². The summed E-state index contributed by atoms with van der Waals surface area (Å²) in [5, 5.41) is 0. The normalized spacial score (nSPS) is 20.0. The number of fused-ring (bicyclic) bond motifs is 1. The van der Waals surface area contributed by atoms with Crippen LogP contribution in [0.3, 0.4) is 0 Å². The number of rotatable bonds is 1. The van der Waals surface area contributed by atoms with Crippen molar-refractivity contribution in [3.8, 4) is 11.5 Å². The van der Waals surface area contributed by atoms with Gasteiger partial charge in [-0.15, -0.1) is 0 Å². The first kappa shape index (κ1) is 19.6. The molecule has 1 fully saturated rings. The molecule has 1 atom stereocenters. The zero-order valence-corrected chi connectivity index (χ0v) is 15.5. The van der Waals surface area contributed by atoms with Crippen LogP contribution >= 0.6 is 0 Å². The number of methoxy groups -OCH3 is 1. The molecule has 2 heterocycles. The highest BCUT2D eigenvalue weighted by Crippen LogP contribution is 2.36. The number of nitrogens with zero attached hydrogens (tertiary/aromatic N) is 1. The van der Waals surface area contributed by atoms with Gasteiger partial charge in [0, 0.05) is 13.1 Å². The molecule has 2 aliphatic heterocycles. The second kappa shape index (κ2) is 10.3. The minimum Gasteiger partial charge on any atom is -0.493 e. The van der Waals surface area contributed by atoms with Crippen molar-refractivity contribution in [3.63, 3.8) is 0 Å². The summed E-state index contributed by atoms with van der Waals surface area (Å²) in [7, 11) is 3.84. The fourth-order valence-corrected chi connectivity index (χ4v) is 2.61. The number of hydrogen-bond donors (Lipinski definition) is 0. The molecule has 3 heteroatoms. The van der Waals surface area contributed by atoms with E-state index >= 15 is 0 Å². The van der Waals surface area contributed by atoms with Crippen LogP contribution in [0.5, 0.6) is 11.5 Å². The fourth-order valence-electron chi connectivity index (χ4n) is 2.61. The van der Waals surface area contributed by atoms with E-state index in [-0.39, 0.29) is 0 Å². The minimum atomic E-state index is 0.309. The van der Waals surface area contributed by atoms with Crippen molar-refractivity contribution < 1.29 is 9.47 Å². The maximum absolute atomic E-state index is 5.73. The average Bonchev–Trinajstić information content (AvgIpc) is 2.59. The maximum atomic E-state index is 5.73. The van der Waals surface area contributed by atoms with Gasteiger partial charge in [-0.05, 0) is 51.3 Å². The highest BCUT2D eigenvalue weighted by Gasteiger charge is 2.19. The first-order valence-electron chi connectivity index (χ1n) is 8.78. The van der Waals surface area contributed by atoms with Gasteiger partial charge in [0.05, 0.1) is 13.2 Å². The van der Waals surface area contributed by atoms with E-state index in [1.807, 2.05) is 26.0 Å². The Morgan fingerprint density at radius 3 is 2.39 bits per heavy atom. The van der Waals surface area contributed by atoms with Gasteiger partial charge >= 0.3 is 0 Å². The van der Waals surface area contributed by atoms with Crippen molar-refractivity contribution in [1.82, 2.24) is 4.90 Å². The lowest BCUT2D eigenvalue weighted by atomic mass is 10.0. The third kappa shape index (κ3) is 6.26. The highest BCUT2D eigenvalue weighted by atomic mass is 16.5. The third-order valence-corrected chi connectivity index (χ3v) is 4.11. The van der Waals surface area contributed by atoms with Crippen LogP contribution in [-0.4, -0.2) is 38.3 Å². The number of para-hydroxylation sites is 1. The van der Waals surface area contributed by atoms with Gasteiger partial charge in [0.25, 0.3) is 0 Å². The summed E-state index contributed by atoms with van der Waals surface area (Å²) in [6.45, 7) is 12.4. The van der Waals surface area contributed by atoms with Crippen LogP contribution in [0, 0.1) is 0 Å². The van der Waals surface area contributed by atoms with Gasteiger partial charge in [-0.25, -0.2) is 0 Å². The molecule has 3 nitrogen and oxygen atoms in total. The number of hydrogen-bond acceptors (Lipinski definition) is 3. The Bertz CT molecular complexity index is 460. The average molecular weight is 319 g/mol. The van der Waals surface area contributed by atoms with E-state index in [9.17, 15) is 0 Å². The Kier molecular flexibility index (Phi) is 8.78. The summed E-state index contributed by atoms with van der Waals surface area (Å²) >= 11 is 0. The number of likely N-dealkylation sites (tertiary alicyclic amines) is 1. The lowest BCUT2D eigenvalue weighted by molar-refractivity contribution is 0.183. The van der Waals surface area contributed by atoms with Gasteiger partial charge in [0.1, 0.15) is 0 Å². The van der Waals surface area contributed by atoms with Crippen molar-refractivity contribution in [1.29, 1.82) is 0 Å². The van der Waals surface area contributed by atoms with Gasteiger partial charge in [0.15, 0.2) is 11.5 Å². The van der Waals surface area contributed by atoms with Crippen LogP contribution in [0.25, 0.3) is 0 Å². The predicted octanol–water partition coefficient (Wildman–Crippen LogP) is 4.70. The molecule has 130 valence electrons. The van der Waals surface area contributed by atoms with Crippen molar-refractivity contribution in [3.05, 3.63) is 35.9 Å². The topological polar surface area (TPSA) is 21.7 Å². The van der Waals surface area contributed by atoms with Crippen molar-refractivity contribution in [2.24, 2.45) is 0 Å². The number of ether oxygens (including phenoxy) is 2. The Hall–Kier alpha value is -1.48. The molecule has 0 spiro atoms. The molecule has 0 saturated carbocycles. The smallest absolute Gasteiger partial charge is 0.164 e. The van der Waals surface area contributed by atoms with E-state index < -0.39 is 0 Å². The molecule has 1 saturated heterocycles. The third-order valence-electron chi connectivity index (χ3n) is 4.11. The predicted molar refractivity (Wildman–Crippen MR) is 98.6 cm³/mol. The van der Waals surface area contributed by atoms with E-state index in [1.165, 1.54) is 37.1 Å². The summed E-state index contributed by atoms with van der Waals surface area (Å²) < 4.78 is 11.0. The number of aryl methyl sites for hydroxylation is 1. The molecule has 1 unspecified atom stereocenters. The van der Waals surface area contributed by atoms with Crippen LogP contribution < -0.4 is 9.47 Å². The van der Waals surface area contributed by atoms with Crippen LogP contribution in [0.4, 0.5) is 0 Å². The summed E-state index contributed by atoms with van der Waals surface area (Å²) in [6.07, 6.45) is 4.91. The molecule has 23 heavy (non-hydrogen) atoms. The molecule has 1 aromatic rings. The summed E-state index contributed by atoms with van der Waals surface area (Å²) in [5.74, 6) is 1.78. The Balaban J connectivity index is 0.000000228. The van der Waals surface area contributed by atoms with Gasteiger partial charge in [-0.1, -0.05) is 38.1 Å². The van der Waals surface area contributed by atoms with Gasteiger partial charge in [0.2, 0.25) is 0 Å². The first-order valence-corrected chi connectivity index (χ1v) is 8.78. The van der Waals surface area contributed by atoms with Crippen LogP contribution in [0.15, 0.2) is 30.4 Å². The molecule has 0 amide bonds. The van der Waals surface area contributed by atoms with Crippen LogP contribution in [0.2, 0.25) is 0 Å². The van der Waals surface area contributed by atoms with Gasteiger partial charge in [-0.3, -0.25) is 0 Å². The molecule has 0 aliphatic carbocycles. The molecular weight excluding hydrogens is 286 g/mol. The van der Waals surface area contributed by atoms with Crippen LogP contribution in [0.1, 0.15) is 45.6 Å².